The number of allylic oxidation sites excluding steroid dienone is 2. The number of hydrogen-bond donors (Lipinski definition) is 0. The first kappa shape index (κ1) is 10.6. The molecule has 1 atom stereocenters. The van der Waals surface area contributed by atoms with E-state index in [2.05, 4.69) is 23.1 Å². The molecule has 1 saturated heterocycles. The van der Waals surface area contributed by atoms with Crippen molar-refractivity contribution in [2.75, 3.05) is 13.1 Å². The molecule has 82 valence electrons. The van der Waals surface area contributed by atoms with E-state index in [0.29, 0.717) is 0 Å². The van der Waals surface area contributed by atoms with Gasteiger partial charge in [-0.05, 0) is 37.8 Å². The Labute approximate surface area is 91.6 Å². The summed E-state index contributed by atoms with van der Waals surface area (Å²) in [7, 11) is 0. The summed E-state index contributed by atoms with van der Waals surface area (Å²) in [5, 5.41) is 0. The fourth-order valence-corrected chi connectivity index (χ4v) is 2.39. The molecule has 15 heavy (non-hydrogen) atoms. The van der Waals surface area contributed by atoms with E-state index in [-0.39, 0.29) is 6.04 Å². The number of aldehydes is 1. The molecule has 0 radical (unpaired) electrons. The predicted octanol–water partition coefficient (Wildman–Crippen LogP) is 2.32. The van der Waals surface area contributed by atoms with Crippen molar-refractivity contribution in [1.82, 2.24) is 4.90 Å². The zero-order valence-corrected chi connectivity index (χ0v) is 9.19. The number of carbonyl (C=O) groups excluding carboxylic acids is 1. The van der Waals surface area contributed by atoms with Crippen LogP contribution in [0, 0.1) is 0 Å². The SMILES string of the molecule is O=CC1CCCCN1CC1=CCCC=C1. The number of piperidine rings is 1. The van der Waals surface area contributed by atoms with Crippen LogP contribution in [-0.4, -0.2) is 30.3 Å². The summed E-state index contributed by atoms with van der Waals surface area (Å²) in [5.74, 6) is 0. The van der Waals surface area contributed by atoms with Crippen molar-refractivity contribution in [3.8, 4) is 0 Å². The van der Waals surface area contributed by atoms with Crippen LogP contribution in [0.2, 0.25) is 0 Å². The van der Waals surface area contributed by atoms with Crippen LogP contribution in [0.5, 0.6) is 0 Å². The minimum atomic E-state index is 0.162. The molecule has 0 spiro atoms. The number of hydrogen-bond acceptors (Lipinski definition) is 2. The Balaban J connectivity index is 1.94. The summed E-state index contributed by atoms with van der Waals surface area (Å²) < 4.78 is 0. The molecule has 1 aliphatic heterocycles. The molecule has 0 bridgehead atoms. The van der Waals surface area contributed by atoms with Gasteiger partial charge in [0, 0.05) is 6.54 Å². The summed E-state index contributed by atoms with van der Waals surface area (Å²) >= 11 is 0. The Morgan fingerprint density at radius 3 is 3.07 bits per heavy atom. The molecule has 1 heterocycles. The van der Waals surface area contributed by atoms with Gasteiger partial charge in [-0.2, -0.15) is 0 Å². The topological polar surface area (TPSA) is 20.3 Å². The standard InChI is InChI=1S/C13H19NO/c15-11-13-8-4-5-9-14(13)10-12-6-2-1-3-7-12/h2,6-7,11,13H,1,3-5,8-10H2. The highest BCUT2D eigenvalue weighted by molar-refractivity contribution is 5.57. The van der Waals surface area contributed by atoms with Gasteiger partial charge in [0.1, 0.15) is 6.29 Å². The molecule has 0 aromatic carbocycles. The lowest BCUT2D eigenvalue weighted by Gasteiger charge is -2.32. The molecular formula is C13H19NO. The van der Waals surface area contributed by atoms with E-state index in [1.807, 2.05) is 0 Å². The van der Waals surface area contributed by atoms with E-state index in [1.54, 1.807) is 0 Å². The van der Waals surface area contributed by atoms with Crippen molar-refractivity contribution in [3.63, 3.8) is 0 Å². The van der Waals surface area contributed by atoms with Crippen LogP contribution in [0.1, 0.15) is 32.1 Å². The van der Waals surface area contributed by atoms with Crippen LogP contribution in [0.15, 0.2) is 23.8 Å². The summed E-state index contributed by atoms with van der Waals surface area (Å²) in [5.41, 5.74) is 1.38. The molecule has 2 aliphatic rings. The monoisotopic (exact) mass is 205 g/mol. The molecular weight excluding hydrogens is 186 g/mol. The van der Waals surface area contributed by atoms with Crippen molar-refractivity contribution in [2.45, 2.75) is 38.1 Å². The van der Waals surface area contributed by atoms with Gasteiger partial charge in [0.2, 0.25) is 0 Å². The Morgan fingerprint density at radius 1 is 1.40 bits per heavy atom. The first-order chi connectivity index (χ1) is 7.40. The van der Waals surface area contributed by atoms with Gasteiger partial charge in [0.15, 0.2) is 0 Å². The van der Waals surface area contributed by atoms with Crippen LogP contribution >= 0.6 is 0 Å². The highest BCUT2D eigenvalue weighted by atomic mass is 16.1. The fourth-order valence-electron chi connectivity index (χ4n) is 2.39. The van der Waals surface area contributed by atoms with E-state index < -0.39 is 0 Å². The zero-order valence-electron chi connectivity index (χ0n) is 9.19. The van der Waals surface area contributed by atoms with Gasteiger partial charge in [-0.25, -0.2) is 0 Å². The molecule has 0 amide bonds. The zero-order chi connectivity index (χ0) is 10.5. The average molecular weight is 205 g/mol. The van der Waals surface area contributed by atoms with E-state index in [4.69, 9.17) is 0 Å². The summed E-state index contributed by atoms with van der Waals surface area (Å²) in [6.07, 6.45) is 13.7. The lowest BCUT2D eigenvalue weighted by Crippen LogP contribution is -2.41. The van der Waals surface area contributed by atoms with E-state index in [0.717, 1.165) is 32.2 Å². The van der Waals surface area contributed by atoms with Crippen molar-refractivity contribution in [1.29, 1.82) is 0 Å². The highest BCUT2D eigenvalue weighted by Gasteiger charge is 2.21. The van der Waals surface area contributed by atoms with E-state index in [9.17, 15) is 4.79 Å². The van der Waals surface area contributed by atoms with Crippen molar-refractivity contribution in [3.05, 3.63) is 23.8 Å². The first-order valence-electron chi connectivity index (χ1n) is 5.95. The largest absolute Gasteiger partial charge is 0.302 e. The van der Waals surface area contributed by atoms with E-state index in [1.165, 1.54) is 24.8 Å². The van der Waals surface area contributed by atoms with Crippen molar-refractivity contribution >= 4 is 6.29 Å². The number of carbonyl (C=O) groups is 1. The van der Waals surface area contributed by atoms with Crippen LogP contribution in [0.25, 0.3) is 0 Å². The lowest BCUT2D eigenvalue weighted by atomic mass is 10.0. The molecule has 2 nitrogen and oxygen atoms in total. The second-order valence-corrected chi connectivity index (χ2v) is 4.43. The third kappa shape index (κ3) is 2.78. The van der Waals surface area contributed by atoms with Gasteiger partial charge in [-0.15, -0.1) is 0 Å². The average Bonchev–Trinajstić information content (AvgIpc) is 2.31. The molecule has 2 rings (SSSR count). The van der Waals surface area contributed by atoms with Crippen molar-refractivity contribution < 1.29 is 4.79 Å². The maximum Gasteiger partial charge on any atom is 0.137 e. The molecule has 1 aliphatic carbocycles. The second kappa shape index (κ2) is 5.26. The van der Waals surface area contributed by atoms with Gasteiger partial charge in [-0.3, -0.25) is 4.90 Å². The normalized spacial score (nSPS) is 27.5. The maximum atomic E-state index is 10.9. The molecule has 0 saturated carbocycles. The quantitative estimate of drug-likeness (QED) is 0.659. The minimum Gasteiger partial charge on any atom is -0.302 e. The fraction of sp³-hybridized carbons (Fsp3) is 0.615. The second-order valence-electron chi connectivity index (χ2n) is 4.43. The van der Waals surface area contributed by atoms with Gasteiger partial charge in [0.25, 0.3) is 0 Å². The smallest absolute Gasteiger partial charge is 0.137 e. The van der Waals surface area contributed by atoms with Crippen molar-refractivity contribution in [2.24, 2.45) is 0 Å². The summed E-state index contributed by atoms with van der Waals surface area (Å²) in [6, 6.07) is 0.162. The predicted molar refractivity (Wildman–Crippen MR) is 61.7 cm³/mol. The Hall–Kier alpha value is -0.890. The third-order valence-electron chi connectivity index (χ3n) is 3.28. The van der Waals surface area contributed by atoms with Gasteiger partial charge in [-0.1, -0.05) is 24.6 Å². The lowest BCUT2D eigenvalue weighted by molar-refractivity contribution is -0.113. The molecule has 0 N–H and O–H groups in total. The first-order valence-corrected chi connectivity index (χ1v) is 5.95. The number of rotatable bonds is 3. The third-order valence-corrected chi connectivity index (χ3v) is 3.28. The minimum absolute atomic E-state index is 0.162. The Bertz CT molecular complexity index is 280. The highest BCUT2D eigenvalue weighted by Crippen LogP contribution is 2.19. The molecule has 1 unspecified atom stereocenters. The van der Waals surface area contributed by atoms with Gasteiger partial charge < -0.3 is 4.79 Å². The van der Waals surface area contributed by atoms with Crippen LogP contribution in [-0.2, 0) is 4.79 Å². The maximum absolute atomic E-state index is 10.9. The summed E-state index contributed by atoms with van der Waals surface area (Å²) in [4.78, 5) is 13.3. The van der Waals surface area contributed by atoms with Crippen LogP contribution in [0.3, 0.4) is 0 Å². The van der Waals surface area contributed by atoms with Gasteiger partial charge in [0.05, 0.1) is 6.04 Å². The van der Waals surface area contributed by atoms with E-state index >= 15 is 0 Å². The molecule has 0 aromatic rings. The molecule has 2 heteroatoms. The Morgan fingerprint density at radius 2 is 2.33 bits per heavy atom. The number of nitrogens with zero attached hydrogens (tertiary/aromatic N) is 1. The van der Waals surface area contributed by atoms with Crippen LogP contribution < -0.4 is 0 Å². The number of likely N-dealkylation sites (tertiary alicyclic amines) is 1. The molecule has 1 fully saturated rings. The molecule has 0 aromatic heterocycles. The summed E-state index contributed by atoms with van der Waals surface area (Å²) in [6.45, 7) is 2.04. The Kier molecular flexibility index (Phi) is 3.73. The van der Waals surface area contributed by atoms with Crippen LogP contribution in [0.4, 0.5) is 0 Å². The van der Waals surface area contributed by atoms with Gasteiger partial charge >= 0.3 is 0 Å².